The van der Waals surface area contributed by atoms with Crippen LogP contribution in [-0.4, -0.2) is 18.1 Å². The lowest BCUT2D eigenvalue weighted by atomic mass is 10.1. The summed E-state index contributed by atoms with van der Waals surface area (Å²) >= 11 is 1.40. The van der Waals surface area contributed by atoms with E-state index in [1.165, 1.54) is 31.1 Å². The average molecular weight is 309 g/mol. The minimum atomic E-state index is -0.375. The number of methoxy groups -OCH3 is 1. The largest absolute Gasteiger partial charge is 0.465 e. The summed E-state index contributed by atoms with van der Waals surface area (Å²) in [5, 5.41) is 18.5. The first-order valence-corrected chi connectivity index (χ1v) is 7.26. The van der Waals surface area contributed by atoms with Crippen LogP contribution in [0.3, 0.4) is 0 Å². The molecule has 0 saturated heterocycles. The van der Waals surface area contributed by atoms with E-state index >= 15 is 0 Å². The first-order chi connectivity index (χ1) is 10.7. The molecule has 0 radical (unpaired) electrons. The molecule has 0 bridgehead atoms. The number of thioether (sulfide) groups is 1. The minimum Gasteiger partial charge on any atom is -0.465 e. The van der Waals surface area contributed by atoms with Crippen molar-refractivity contribution in [2.45, 2.75) is 10.8 Å². The summed E-state index contributed by atoms with van der Waals surface area (Å²) < 4.78 is 4.64. The Morgan fingerprint density at radius 3 is 2.59 bits per heavy atom. The van der Waals surface area contributed by atoms with Gasteiger partial charge in [-0.25, -0.2) is 9.78 Å². The number of benzene rings is 1. The summed E-state index contributed by atoms with van der Waals surface area (Å²) in [6.45, 7) is 0. The molecule has 1 aromatic carbocycles. The van der Waals surface area contributed by atoms with Gasteiger partial charge < -0.3 is 4.74 Å². The smallest absolute Gasteiger partial charge is 0.337 e. The van der Waals surface area contributed by atoms with Crippen LogP contribution in [0, 0.1) is 22.7 Å². The van der Waals surface area contributed by atoms with Crippen LogP contribution in [0.5, 0.6) is 0 Å². The molecule has 1 heterocycles. The number of hydrogen-bond acceptors (Lipinski definition) is 6. The second-order valence-corrected chi connectivity index (χ2v) is 5.24. The maximum atomic E-state index is 11.3. The van der Waals surface area contributed by atoms with Gasteiger partial charge in [-0.2, -0.15) is 10.5 Å². The van der Waals surface area contributed by atoms with Crippen molar-refractivity contribution in [2.75, 3.05) is 7.11 Å². The molecule has 0 atom stereocenters. The molecule has 22 heavy (non-hydrogen) atoms. The molecule has 0 aliphatic rings. The number of esters is 1. The summed E-state index contributed by atoms with van der Waals surface area (Å²) in [7, 11) is 1.34. The van der Waals surface area contributed by atoms with Gasteiger partial charge in [0, 0.05) is 11.9 Å². The minimum absolute atomic E-state index is 0.364. The van der Waals surface area contributed by atoms with Crippen LogP contribution in [0.1, 0.15) is 27.0 Å². The molecule has 0 amide bonds. The third-order valence-corrected chi connectivity index (χ3v) is 3.93. The Balaban J connectivity index is 2.09. The summed E-state index contributed by atoms with van der Waals surface area (Å²) in [4.78, 5) is 15.5. The van der Waals surface area contributed by atoms with Crippen molar-refractivity contribution in [3.8, 4) is 12.1 Å². The second kappa shape index (κ2) is 7.26. The van der Waals surface area contributed by atoms with Gasteiger partial charge in [-0.15, -0.1) is 11.8 Å². The molecular weight excluding hydrogens is 298 g/mol. The predicted molar refractivity (Wildman–Crippen MR) is 81.0 cm³/mol. The van der Waals surface area contributed by atoms with Crippen molar-refractivity contribution in [2.24, 2.45) is 0 Å². The Hall–Kier alpha value is -2.83. The quantitative estimate of drug-likeness (QED) is 0.637. The number of nitrogens with zero attached hydrogens (tertiary/aromatic N) is 3. The molecule has 2 rings (SSSR count). The number of carbonyl (C=O) groups is 1. The van der Waals surface area contributed by atoms with Gasteiger partial charge in [-0.1, -0.05) is 12.1 Å². The van der Waals surface area contributed by atoms with Crippen LogP contribution in [0.25, 0.3) is 0 Å². The van der Waals surface area contributed by atoms with Crippen molar-refractivity contribution in [3.63, 3.8) is 0 Å². The lowest BCUT2D eigenvalue weighted by Gasteiger charge is -2.04. The second-order valence-electron chi connectivity index (χ2n) is 4.28. The molecule has 6 heteroatoms. The van der Waals surface area contributed by atoms with Crippen LogP contribution < -0.4 is 0 Å². The zero-order valence-electron chi connectivity index (χ0n) is 11.7. The highest BCUT2D eigenvalue weighted by Crippen LogP contribution is 2.24. The van der Waals surface area contributed by atoms with Gasteiger partial charge in [-0.05, 0) is 23.8 Å². The molecule has 0 aliphatic heterocycles. The summed E-state index contributed by atoms with van der Waals surface area (Å²) in [6.07, 6.45) is 1.45. The normalized spacial score (nSPS) is 9.59. The Labute approximate surface area is 132 Å². The molecule has 5 nitrogen and oxygen atoms in total. The van der Waals surface area contributed by atoms with Gasteiger partial charge in [0.1, 0.15) is 17.2 Å². The van der Waals surface area contributed by atoms with Gasteiger partial charge in [0.15, 0.2) is 0 Å². The molecule has 0 saturated carbocycles. The van der Waals surface area contributed by atoms with Crippen LogP contribution in [0.4, 0.5) is 0 Å². The SMILES string of the molecule is COC(=O)c1ccc(CSc2ncc(C#N)cc2C#N)cc1. The summed E-state index contributed by atoms with van der Waals surface area (Å²) in [5.74, 6) is 0.231. The van der Waals surface area contributed by atoms with Crippen LogP contribution in [-0.2, 0) is 10.5 Å². The van der Waals surface area contributed by atoms with Crippen LogP contribution in [0.2, 0.25) is 0 Å². The number of pyridine rings is 1. The first-order valence-electron chi connectivity index (χ1n) is 6.28. The molecule has 0 unspecified atom stereocenters. The molecule has 2 aromatic rings. The number of rotatable bonds is 4. The Morgan fingerprint density at radius 2 is 2.00 bits per heavy atom. The Bertz CT molecular complexity index is 773. The van der Waals surface area contributed by atoms with Gasteiger partial charge in [0.05, 0.1) is 23.8 Å². The van der Waals surface area contributed by atoms with Gasteiger partial charge in [0.25, 0.3) is 0 Å². The van der Waals surface area contributed by atoms with E-state index in [0.717, 1.165) is 5.56 Å². The topological polar surface area (TPSA) is 86.8 Å². The first kappa shape index (κ1) is 15.6. The Kier molecular flexibility index (Phi) is 5.13. The standard InChI is InChI=1S/C16H11N3O2S/c1-21-16(20)13-4-2-11(3-5-13)10-22-15-14(8-18)6-12(7-17)9-19-15/h2-6,9H,10H2,1H3. The molecule has 108 valence electrons. The Morgan fingerprint density at radius 1 is 1.27 bits per heavy atom. The zero-order chi connectivity index (χ0) is 15.9. The van der Waals surface area contributed by atoms with Gasteiger partial charge in [0.2, 0.25) is 0 Å². The fraction of sp³-hybridized carbons (Fsp3) is 0.125. The molecule has 0 spiro atoms. The van der Waals surface area contributed by atoms with Crippen molar-refractivity contribution >= 4 is 17.7 Å². The van der Waals surface area contributed by atoms with E-state index in [1.54, 1.807) is 12.1 Å². The monoisotopic (exact) mass is 309 g/mol. The van der Waals surface area contributed by atoms with Crippen molar-refractivity contribution < 1.29 is 9.53 Å². The fourth-order valence-electron chi connectivity index (χ4n) is 1.72. The van der Waals surface area contributed by atoms with E-state index in [9.17, 15) is 4.79 Å². The number of nitriles is 2. The molecule has 0 N–H and O–H groups in total. The van der Waals surface area contributed by atoms with Crippen LogP contribution >= 0.6 is 11.8 Å². The predicted octanol–water partition coefficient (Wildman–Crippen LogP) is 2.90. The van der Waals surface area contributed by atoms with Gasteiger partial charge in [-0.3, -0.25) is 0 Å². The molecule has 0 fully saturated rings. The zero-order valence-corrected chi connectivity index (χ0v) is 12.6. The maximum absolute atomic E-state index is 11.3. The van der Waals surface area contributed by atoms with Crippen LogP contribution in [0.15, 0.2) is 41.6 Å². The highest BCUT2D eigenvalue weighted by atomic mass is 32.2. The number of aromatic nitrogens is 1. The summed E-state index contributed by atoms with van der Waals surface area (Å²) in [5.41, 5.74) is 2.23. The number of carbonyl (C=O) groups excluding carboxylic acids is 1. The van der Waals surface area contributed by atoms with E-state index in [0.29, 0.717) is 27.5 Å². The van der Waals surface area contributed by atoms with Crippen molar-refractivity contribution in [1.82, 2.24) is 4.98 Å². The van der Waals surface area contributed by atoms with Gasteiger partial charge >= 0.3 is 5.97 Å². The molecule has 0 aliphatic carbocycles. The van der Waals surface area contributed by atoms with E-state index in [2.05, 4.69) is 9.72 Å². The number of ether oxygens (including phenoxy) is 1. The third-order valence-electron chi connectivity index (χ3n) is 2.85. The van der Waals surface area contributed by atoms with E-state index in [-0.39, 0.29) is 5.97 Å². The molecule has 1 aromatic heterocycles. The molecular formula is C16H11N3O2S. The highest BCUT2D eigenvalue weighted by molar-refractivity contribution is 7.98. The average Bonchev–Trinajstić information content (AvgIpc) is 2.59. The maximum Gasteiger partial charge on any atom is 0.337 e. The van der Waals surface area contributed by atoms with E-state index < -0.39 is 0 Å². The summed E-state index contributed by atoms with van der Waals surface area (Å²) in [6, 6.07) is 12.6. The van der Waals surface area contributed by atoms with Crippen molar-refractivity contribution in [1.29, 1.82) is 10.5 Å². The van der Waals surface area contributed by atoms with E-state index in [4.69, 9.17) is 10.5 Å². The third kappa shape index (κ3) is 3.63. The van der Waals surface area contributed by atoms with E-state index in [1.807, 2.05) is 24.3 Å². The fourth-order valence-corrected chi connectivity index (χ4v) is 2.60. The number of hydrogen-bond donors (Lipinski definition) is 0. The lowest BCUT2D eigenvalue weighted by Crippen LogP contribution is -2.00. The lowest BCUT2D eigenvalue weighted by molar-refractivity contribution is 0.0600. The highest BCUT2D eigenvalue weighted by Gasteiger charge is 2.08. The van der Waals surface area contributed by atoms with Crippen molar-refractivity contribution in [3.05, 3.63) is 58.8 Å².